The first-order valence-corrected chi connectivity index (χ1v) is 7.92. The minimum absolute atomic E-state index is 0.0992. The van der Waals surface area contributed by atoms with E-state index in [0.717, 1.165) is 18.6 Å². The van der Waals surface area contributed by atoms with Gasteiger partial charge in [0.25, 0.3) is 0 Å². The number of benzene rings is 1. The van der Waals surface area contributed by atoms with Gasteiger partial charge < -0.3 is 9.84 Å². The van der Waals surface area contributed by atoms with E-state index in [1.165, 1.54) is 42.4 Å². The summed E-state index contributed by atoms with van der Waals surface area (Å²) in [4.78, 5) is 0. The molecule has 2 bridgehead atoms. The third kappa shape index (κ3) is 2.05. The third-order valence-corrected chi connectivity index (χ3v) is 5.63. The Labute approximate surface area is 122 Å². The second kappa shape index (κ2) is 5.07. The van der Waals surface area contributed by atoms with Gasteiger partial charge in [-0.25, -0.2) is 0 Å². The second-order valence-electron chi connectivity index (χ2n) is 6.90. The summed E-state index contributed by atoms with van der Waals surface area (Å²) in [5.41, 5.74) is 4.02. The number of aliphatic hydroxyl groups excluding tert-OH is 1. The molecule has 0 aliphatic heterocycles. The van der Waals surface area contributed by atoms with Crippen LogP contribution in [0.5, 0.6) is 5.75 Å². The predicted molar refractivity (Wildman–Crippen MR) is 81.4 cm³/mol. The van der Waals surface area contributed by atoms with Crippen molar-refractivity contribution in [1.82, 2.24) is 0 Å². The van der Waals surface area contributed by atoms with E-state index in [0.29, 0.717) is 5.92 Å². The summed E-state index contributed by atoms with van der Waals surface area (Å²) in [6, 6.07) is 4.31. The van der Waals surface area contributed by atoms with Crippen LogP contribution in [-0.4, -0.2) is 18.3 Å². The number of aliphatic hydroxyl groups is 1. The van der Waals surface area contributed by atoms with Crippen molar-refractivity contribution in [3.05, 3.63) is 28.8 Å². The van der Waals surface area contributed by atoms with Gasteiger partial charge in [-0.1, -0.05) is 26.2 Å². The van der Waals surface area contributed by atoms with Crippen molar-refractivity contribution >= 4 is 0 Å². The van der Waals surface area contributed by atoms with Crippen molar-refractivity contribution in [3.63, 3.8) is 0 Å². The van der Waals surface area contributed by atoms with Crippen molar-refractivity contribution in [2.24, 2.45) is 5.92 Å². The Morgan fingerprint density at radius 3 is 2.80 bits per heavy atom. The van der Waals surface area contributed by atoms with E-state index in [9.17, 15) is 5.11 Å². The summed E-state index contributed by atoms with van der Waals surface area (Å²) in [6.45, 7) is 4.44. The predicted octanol–water partition coefficient (Wildman–Crippen LogP) is 3.76. The van der Waals surface area contributed by atoms with Crippen molar-refractivity contribution in [2.45, 2.75) is 63.9 Å². The molecule has 20 heavy (non-hydrogen) atoms. The minimum Gasteiger partial charge on any atom is -0.497 e. The molecule has 0 aromatic heterocycles. The van der Waals surface area contributed by atoms with Gasteiger partial charge in [0, 0.05) is 5.41 Å². The van der Waals surface area contributed by atoms with Crippen LogP contribution in [0, 0.1) is 12.8 Å². The van der Waals surface area contributed by atoms with Gasteiger partial charge in [-0.05, 0) is 60.9 Å². The molecule has 1 aromatic carbocycles. The van der Waals surface area contributed by atoms with E-state index in [1.807, 2.05) is 0 Å². The number of hydrogen-bond donors (Lipinski definition) is 1. The monoisotopic (exact) mass is 274 g/mol. The Morgan fingerprint density at radius 1 is 1.25 bits per heavy atom. The van der Waals surface area contributed by atoms with Gasteiger partial charge >= 0.3 is 0 Å². The Bertz CT molecular complexity index is 508. The number of fused-ring (bicyclic) bond motifs is 4. The zero-order chi connectivity index (χ0) is 14.3. The van der Waals surface area contributed by atoms with Crippen LogP contribution >= 0.6 is 0 Å². The Morgan fingerprint density at radius 2 is 2.05 bits per heavy atom. The molecule has 2 nitrogen and oxygen atoms in total. The van der Waals surface area contributed by atoms with Crippen LogP contribution in [0.15, 0.2) is 12.1 Å². The molecule has 1 saturated carbocycles. The quantitative estimate of drug-likeness (QED) is 0.845. The number of ether oxygens (including phenoxy) is 1. The maximum absolute atomic E-state index is 10.9. The van der Waals surface area contributed by atoms with E-state index < -0.39 is 0 Å². The Balaban J connectivity index is 2.15. The summed E-state index contributed by atoms with van der Waals surface area (Å²) in [6.07, 6.45) is 6.87. The van der Waals surface area contributed by atoms with Gasteiger partial charge in [-0.15, -0.1) is 0 Å². The van der Waals surface area contributed by atoms with E-state index in [1.54, 1.807) is 7.11 Å². The highest BCUT2D eigenvalue weighted by molar-refractivity contribution is 5.48. The van der Waals surface area contributed by atoms with Crippen LogP contribution in [0.1, 0.15) is 55.7 Å². The smallest absolute Gasteiger partial charge is 0.119 e. The SMILES string of the molecule is COc1cc(C)c2c(c1)C1(C)CCCCCC(C2)C1O. The van der Waals surface area contributed by atoms with Crippen molar-refractivity contribution < 1.29 is 9.84 Å². The highest BCUT2D eigenvalue weighted by atomic mass is 16.5. The molecule has 2 aliphatic rings. The van der Waals surface area contributed by atoms with Gasteiger partial charge in [0.15, 0.2) is 0 Å². The molecule has 0 radical (unpaired) electrons. The number of methoxy groups -OCH3 is 1. The second-order valence-corrected chi connectivity index (χ2v) is 6.90. The molecule has 1 N–H and O–H groups in total. The lowest BCUT2D eigenvalue weighted by molar-refractivity contribution is 0.00870. The van der Waals surface area contributed by atoms with E-state index in [2.05, 4.69) is 26.0 Å². The third-order valence-electron chi connectivity index (χ3n) is 5.63. The average Bonchev–Trinajstić information content (AvgIpc) is 2.44. The van der Waals surface area contributed by atoms with Gasteiger partial charge in [0.05, 0.1) is 13.2 Å². The molecule has 0 saturated heterocycles. The van der Waals surface area contributed by atoms with Crippen LogP contribution in [0.4, 0.5) is 0 Å². The maximum Gasteiger partial charge on any atom is 0.119 e. The first-order valence-electron chi connectivity index (χ1n) is 7.92. The zero-order valence-corrected chi connectivity index (χ0v) is 12.9. The molecule has 2 aliphatic carbocycles. The van der Waals surface area contributed by atoms with Crippen molar-refractivity contribution in [3.8, 4) is 5.75 Å². The van der Waals surface area contributed by atoms with Gasteiger partial charge in [-0.2, -0.15) is 0 Å². The lowest BCUT2D eigenvalue weighted by Gasteiger charge is -2.47. The van der Waals surface area contributed by atoms with Crippen molar-refractivity contribution in [1.29, 1.82) is 0 Å². The molecule has 0 heterocycles. The summed E-state index contributed by atoms with van der Waals surface area (Å²) >= 11 is 0. The number of aryl methyl sites for hydroxylation is 1. The van der Waals surface area contributed by atoms with Crippen LogP contribution in [0.3, 0.4) is 0 Å². The van der Waals surface area contributed by atoms with Crippen LogP contribution in [0.2, 0.25) is 0 Å². The van der Waals surface area contributed by atoms with Crippen LogP contribution in [0.25, 0.3) is 0 Å². The molecule has 0 amide bonds. The summed E-state index contributed by atoms with van der Waals surface area (Å²) < 4.78 is 5.45. The summed E-state index contributed by atoms with van der Waals surface area (Å²) in [5, 5.41) is 10.9. The number of hydrogen-bond acceptors (Lipinski definition) is 2. The molecule has 3 atom stereocenters. The minimum atomic E-state index is -0.207. The standard InChI is InChI=1S/C18H26O2/c1-12-9-14(20-3)11-16-15(12)10-13-7-5-4-6-8-18(16,2)17(13)19/h9,11,13,17,19H,4-8,10H2,1-3H3. The highest BCUT2D eigenvalue weighted by Gasteiger charge is 2.45. The van der Waals surface area contributed by atoms with Gasteiger partial charge in [0.2, 0.25) is 0 Å². The van der Waals surface area contributed by atoms with E-state index in [-0.39, 0.29) is 11.5 Å². The van der Waals surface area contributed by atoms with E-state index in [4.69, 9.17) is 4.74 Å². The topological polar surface area (TPSA) is 29.5 Å². The Hall–Kier alpha value is -1.02. The van der Waals surface area contributed by atoms with Crippen LogP contribution < -0.4 is 4.74 Å². The molecular formula is C18H26O2. The lowest BCUT2D eigenvalue weighted by Crippen LogP contribution is -2.47. The van der Waals surface area contributed by atoms with Gasteiger partial charge in [0.1, 0.15) is 5.75 Å². The summed E-state index contributed by atoms with van der Waals surface area (Å²) in [5.74, 6) is 1.36. The molecule has 110 valence electrons. The Kier molecular flexibility index (Phi) is 3.53. The molecule has 1 aromatic rings. The van der Waals surface area contributed by atoms with Crippen molar-refractivity contribution in [2.75, 3.05) is 7.11 Å². The van der Waals surface area contributed by atoms with Gasteiger partial charge in [-0.3, -0.25) is 0 Å². The highest BCUT2D eigenvalue weighted by Crippen LogP contribution is 2.48. The fraction of sp³-hybridized carbons (Fsp3) is 0.667. The first kappa shape index (κ1) is 13.9. The number of rotatable bonds is 1. The van der Waals surface area contributed by atoms with E-state index >= 15 is 0 Å². The molecule has 1 fully saturated rings. The molecule has 2 heteroatoms. The zero-order valence-electron chi connectivity index (χ0n) is 12.9. The first-order chi connectivity index (χ1) is 9.56. The largest absolute Gasteiger partial charge is 0.497 e. The van der Waals surface area contributed by atoms with Crippen LogP contribution in [-0.2, 0) is 11.8 Å². The lowest BCUT2D eigenvalue weighted by atomic mass is 9.60. The fourth-order valence-electron chi connectivity index (χ4n) is 4.35. The molecule has 0 spiro atoms. The fourth-order valence-corrected chi connectivity index (χ4v) is 4.35. The molecule has 3 unspecified atom stereocenters. The average molecular weight is 274 g/mol. The normalized spacial score (nSPS) is 33.0. The summed E-state index contributed by atoms with van der Waals surface area (Å²) in [7, 11) is 1.73. The molecular weight excluding hydrogens is 248 g/mol. The molecule has 3 rings (SSSR count). The maximum atomic E-state index is 10.9.